The lowest BCUT2D eigenvalue weighted by molar-refractivity contribution is -0.302. The highest BCUT2D eigenvalue weighted by Crippen LogP contribution is 2.58. The highest BCUT2D eigenvalue weighted by molar-refractivity contribution is 5.42. The van der Waals surface area contributed by atoms with Gasteiger partial charge in [-0.3, -0.25) is 0 Å². The normalized spacial score (nSPS) is 27.9. The van der Waals surface area contributed by atoms with Crippen LogP contribution in [-0.2, 0) is 12.1 Å². The molecule has 1 aliphatic carbocycles. The van der Waals surface area contributed by atoms with Crippen molar-refractivity contribution in [2.75, 3.05) is 0 Å². The Kier molecular flexibility index (Phi) is 2.06. The Morgan fingerprint density at radius 2 is 1.56 bits per heavy atom. The van der Waals surface area contributed by atoms with E-state index in [9.17, 15) is 26.3 Å². The molecule has 0 N–H and O–H groups in total. The predicted octanol–water partition coefficient (Wildman–Crippen LogP) is 3.61. The molecule has 0 bridgehead atoms. The summed E-state index contributed by atoms with van der Waals surface area (Å²) in [5.41, 5.74) is -5.85. The van der Waals surface area contributed by atoms with Gasteiger partial charge in [0.25, 0.3) is 11.6 Å². The number of rotatable bonds is 0. The Balaban J connectivity index is 2.68. The van der Waals surface area contributed by atoms with Crippen molar-refractivity contribution in [1.82, 2.24) is 0 Å². The zero-order chi connectivity index (χ0) is 12.2. The first kappa shape index (κ1) is 11.3. The van der Waals surface area contributed by atoms with Crippen LogP contribution in [-0.4, -0.2) is 12.1 Å². The van der Waals surface area contributed by atoms with E-state index in [1.54, 1.807) is 0 Å². The minimum absolute atomic E-state index is 0.299. The van der Waals surface area contributed by atoms with Crippen molar-refractivity contribution in [2.45, 2.75) is 24.2 Å². The lowest BCUT2D eigenvalue weighted by Gasteiger charge is -2.29. The fourth-order valence-corrected chi connectivity index (χ4v) is 1.93. The third kappa shape index (κ3) is 1.18. The van der Waals surface area contributed by atoms with E-state index in [2.05, 4.69) is 0 Å². The second-order valence-corrected chi connectivity index (χ2v) is 3.69. The lowest BCUT2D eigenvalue weighted by Crippen LogP contribution is -2.49. The van der Waals surface area contributed by atoms with Crippen molar-refractivity contribution in [3.05, 3.63) is 35.4 Å². The van der Waals surface area contributed by atoms with Gasteiger partial charge < -0.3 is 0 Å². The van der Waals surface area contributed by atoms with Gasteiger partial charge in [0.05, 0.1) is 0 Å². The molecule has 6 heteroatoms. The van der Waals surface area contributed by atoms with Crippen LogP contribution in [0.4, 0.5) is 26.3 Å². The number of halogens is 6. The fraction of sp³-hybridized carbons (Fsp3) is 0.400. The second-order valence-electron chi connectivity index (χ2n) is 3.69. The molecule has 1 aliphatic rings. The second kappa shape index (κ2) is 2.93. The quantitative estimate of drug-likeness (QED) is 0.608. The molecule has 0 saturated carbocycles. The van der Waals surface area contributed by atoms with Gasteiger partial charge in [0.1, 0.15) is 0 Å². The zero-order valence-corrected chi connectivity index (χ0v) is 7.78. The standard InChI is InChI=1S/C10H6F6/c11-8(12)5-6-3-1-2-4-7(6)9(8,13)10(14,15)16/h1-4H,5H2. The first-order valence-electron chi connectivity index (χ1n) is 4.42. The van der Waals surface area contributed by atoms with Crippen LogP contribution in [0.1, 0.15) is 11.1 Å². The van der Waals surface area contributed by atoms with Gasteiger partial charge >= 0.3 is 6.18 Å². The largest absolute Gasteiger partial charge is 0.432 e. The van der Waals surface area contributed by atoms with E-state index in [4.69, 9.17) is 0 Å². The van der Waals surface area contributed by atoms with Gasteiger partial charge in [0.15, 0.2) is 0 Å². The molecule has 0 aliphatic heterocycles. The summed E-state index contributed by atoms with van der Waals surface area (Å²) in [6.45, 7) is 0. The summed E-state index contributed by atoms with van der Waals surface area (Å²) in [7, 11) is 0. The smallest absolute Gasteiger partial charge is 0.222 e. The van der Waals surface area contributed by atoms with E-state index in [0.29, 0.717) is 0 Å². The van der Waals surface area contributed by atoms with E-state index in [0.717, 1.165) is 18.2 Å². The summed E-state index contributed by atoms with van der Waals surface area (Å²) >= 11 is 0. The van der Waals surface area contributed by atoms with E-state index in [-0.39, 0.29) is 5.56 Å². The molecule has 2 rings (SSSR count). The van der Waals surface area contributed by atoms with Gasteiger partial charge in [-0.05, 0) is 5.56 Å². The van der Waals surface area contributed by atoms with Gasteiger partial charge in [0, 0.05) is 12.0 Å². The summed E-state index contributed by atoms with van der Waals surface area (Å²) in [4.78, 5) is 0. The SMILES string of the molecule is FC(F)(F)C1(F)c2ccccc2CC1(F)F. The minimum atomic E-state index is -5.62. The van der Waals surface area contributed by atoms with Crippen LogP contribution in [0.5, 0.6) is 0 Å². The molecular weight excluding hydrogens is 234 g/mol. The highest BCUT2D eigenvalue weighted by Gasteiger charge is 2.75. The molecule has 1 atom stereocenters. The highest BCUT2D eigenvalue weighted by atomic mass is 19.4. The summed E-state index contributed by atoms with van der Waals surface area (Å²) in [6.07, 6.45) is -6.84. The van der Waals surface area contributed by atoms with E-state index >= 15 is 0 Å². The molecule has 0 fully saturated rings. The molecule has 1 unspecified atom stereocenters. The third-order valence-corrected chi connectivity index (χ3v) is 2.70. The average Bonchev–Trinajstić information content (AvgIpc) is 2.35. The number of fused-ring (bicyclic) bond motifs is 1. The van der Waals surface area contributed by atoms with Crippen LogP contribution < -0.4 is 0 Å². The minimum Gasteiger partial charge on any atom is -0.222 e. The van der Waals surface area contributed by atoms with Crippen LogP contribution in [0.15, 0.2) is 24.3 Å². The van der Waals surface area contributed by atoms with Crippen molar-refractivity contribution < 1.29 is 26.3 Å². The number of alkyl halides is 6. The molecule has 0 spiro atoms. The maximum atomic E-state index is 13.7. The molecule has 16 heavy (non-hydrogen) atoms. The fourth-order valence-electron chi connectivity index (χ4n) is 1.93. The molecule has 1 aromatic rings. The topological polar surface area (TPSA) is 0 Å². The van der Waals surface area contributed by atoms with Gasteiger partial charge in [-0.15, -0.1) is 0 Å². The summed E-state index contributed by atoms with van der Waals surface area (Å²) in [6, 6.07) is 4.25. The Labute approximate surface area is 86.9 Å². The number of hydrogen-bond donors (Lipinski definition) is 0. The summed E-state index contributed by atoms with van der Waals surface area (Å²) in [5.74, 6) is -4.45. The molecule has 0 radical (unpaired) electrons. The zero-order valence-electron chi connectivity index (χ0n) is 7.78. The molecule has 88 valence electrons. The molecule has 0 amide bonds. The average molecular weight is 240 g/mol. The van der Waals surface area contributed by atoms with Crippen molar-refractivity contribution in [3.8, 4) is 0 Å². The van der Waals surface area contributed by atoms with Crippen LogP contribution >= 0.6 is 0 Å². The molecule has 0 saturated heterocycles. The molecule has 0 heterocycles. The predicted molar refractivity (Wildman–Crippen MR) is 43.9 cm³/mol. The summed E-state index contributed by atoms with van der Waals surface area (Å²) < 4.78 is 77.5. The monoisotopic (exact) mass is 240 g/mol. The van der Waals surface area contributed by atoms with Gasteiger partial charge in [-0.2, -0.15) is 13.2 Å². The Morgan fingerprint density at radius 1 is 1.00 bits per heavy atom. The first-order valence-corrected chi connectivity index (χ1v) is 4.42. The molecule has 0 aromatic heterocycles. The molecular formula is C10H6F6. The number of benzene rings is 1. The maximum absolute atomic E-state index is 13.7. The number of hydrogen-bond acceptors (Lipinski definition) is 0. The van der Waals surface area contributed by atoms with Gasteiger partial charge in [-0.25, -0.2) is 13.2 Å². The first-order chi connectivity index (χ1) is 7.20. The van der Waals surface area contributed by atoms with Crippen molar-refractivity contribution in [2.24, 2.45) is 0 Å². The lowest BCUT2D eigenvalue weighted by atomic mass is 9.95. The molecule has 1 aromatic carbocycles. The van der Waals surface area contributed by atoms with Crippen LogP contribution in [0.3, 0.4) is 0 Å². The van der Waals surface area contributed by atoms with Crippen LogP contribution in [0, 0.1) is 0 Å². The Hall–Kier alpha value is -1.20. The van der Waals surface area contributed by atoms with Crippen molar-refractivity contribution in [3.63, 3.8) is 0 Å². The Morgan fingerprint density at radius 3 is 2.12 bits per heavy atom. The van der Waals surface area contributed by atoms with Crippen molar-refractivity contribution >= 4 is 0 Å². The van der Waals surface area contributed by atoms with Crippen molar-refractivity contribution in [1.29, 1.82) is 0 Å². The maximum Gasteiger partial charge on any atom is 0.432 e. The third-order valence-electron chi connectivity index (χ3n) is 2.70. The van der Waals surface area contributed by atoms with Crippen LogP contribution in [0.2, 0.25) is 0 Å². The van der Waals surface area contributed by atoms with E-state index < -0.39 is 29.8 Å². The van der Waals surface area contributed by atoms with Gasteiger partial charge in [-0.1, -0.05) is 24.3 Å². The molecule has 0 nitrogen and oxygen atoms in total. The van der Waals surface area contributed by atoms with E-state index in [1.165, 1.54) is 6.07 Å². The van der Waals surface area contributed by atoms with Gasteiger partial charge in [0.2, 0.25) is 0 Å². The van der Waals surface area contributed by atoms with E-state index in [1.807, 2.05) is 0 Å². The van der Waals surface area contributed by atoms with Crippen LogP contribution in [0.25, 0.3) is 0 Å². The Bertz CT molecular complexity index is 422. The summed E-state index contributed by atoms with van der Waals surface area (Å²) in [5, 5.41) is 0.